The molecule has 0 unspecified atom stereocenters. The number of non-ortho nitro benzene ring substituents is 1. The maximum absolute atomic E-state index is 13.5. The molecule has 0 fully saturated rings. The van der Waals surface area contributed by atoms with E-state index in [-0.39, 0.29) is 95.9 Å². The van der Waals surface area contributed by atoms with Gasteiger partial charge in [-0.15, -0.1) is 0 Å². The first-order valence-electron chi connectivity index (χ1n) is 14.2. The minimum atomic E-state index is -1.11. The lowest BCUT2D eigenvalue weighted by atomic mass is 10.2. The van der Waals surface area contributed by atoms with Crippen molar-refractivity contribution in [3.8, 4) is 5.75 Å². The zero-order chi connectivity index (χ0) is 33.5. The number of amides is 1. The average Bonchev–Trinajstić information content (AvgIpc) is 2.93. The number of nitro groups is 1. The molecule has 0 atom stereocenters. The average molecular weight is 637 g/mol. The third-order valence-corrected chi connectivity index (χ3v) is 6.56. The van der Waals surface area contributed by atoms with E-state index in [0.717, 1.165) is 0 Å². The first kappa shape index (κ1) is 36.4. The molecule has 0 aromatic heterocycles. The molecule has 1 amide bonds. The second kappa shape index (κ2) is 18.1. The van der Waals surface area contributed by atoms with Crippen LogP contribution in [0.3, 0.4) is 0 Å². The first-order valence-corrected chi connectivity index (χ1v) is 14.2. The van der Waals surface area contributed by atoms with Crippen LogP contribution in [-0.4, -0.2) is 153 Å². The SMILES string of the molecule is CC(C)CN(CC(=O)Oc1ccc([N+](=O)[O-])cc1)C(=O)CN1CCN(CC(=O)O)/C=C\N(CC(=O)O)CCN(CC(=O)O)CC1. The maximum Gasteiger partial charge on any atom is 0.331 e. The number of benzene rings is 1. The summed E-state index contributed by atoms with van der Waals surface area (Å²) in [6.07, 6.45) is 2.91. The van der Waals surface area contributed by atoms with Crippen molar-refractivity contribution in [3.05, 3.63) is 46.8 Å². The maximum atomic E-state index is 13.5. The molecule has 1 aromatic rings. The van der Waals surface area contributed by atoms with Gasteiger partial charge in [0, 0.05) is 70.3 Å². The Balaban J connectivity index is 2.21. The molecule has 45 heavy (non-hydrogen) atoms. The molecule has 0 aliphatic carbocycles. The molecule has 0 saturated heterocycles. The van der Waals surface area contributed by atoms with Crippen molar-refractivity contribution < 1.29 is 49.0 Å². The van der Waals surface area contributed by atoms with Gasteiger partial charge in [-0.2, -0.15) is 0 Å². The summed E-state index contributed by atoms with van der Waals surface area (Å²) in [6.45, 7) is 3.51. The third kappa shape index (κ3) is 14.5. The summed E-state index contributed by atoms with van der Waals surface area (Å²) >= 11 is 0. The Morgan fingerprint density at radius 1 is 0.800 bits per heavy atom. The standard InChI is InChI=1S/C28H40N6O11/c1-21(2)15-33(20-28(42)45-23-5-3-22(4-6-23)34(43)44)24(35)16-29-7-9-30(17-25(36)37)11-13-32(19-27(40)41)14-12-31(10-8-29)18-26(38)39/h3-6,11,13,21H,7-10,12,14-20H2,1-2H3,(H,36,37)(H,38,39)(H,40,41)/b13-11-. The predicted molar refractivity (Wildman–Crippen MR) is 158 cm³/mol. The van der Waals surface area contributed by atoms with E-state index in [2.05, 4.69) is 0 Å². The fourth-order valence-electron chi connectivity index (χ4n) is 4.44. The molecule has 0 radical (unpaired) electrons. The highest BCUT2D eigenvalue weighted by molar-refractivity contribution is 5.84. The van der Waals surface area contributed by atoms with Gasteiger partial charge in [0.05, 0.1) is 18.0 Å². The highest BCUT2D eigenvalue weighted by Gasteiger charge is 2.24. The van der Waals surface area contributed by atoms with Crippen LogP contribution in [-0.2, 0) is 24.0 Å². The Hall–Kier alpha value is -4.77. The Labute approximate surface area is 260 Å². The van der Waals surface area contributed by atoms with Crippen molar-refractivity contribution in [2.75, 3.05) is 78.5 Å². The van der Waals surface area contributed by atoms with Crippen molar-refractivity contribution in [2.24, 2.45) is 5.92 Å². The number of rotatable bonds is 14. The zero-order valence-corrected chi connectivity index (χ0v) is 25.3. The van der Waals surface area contributed by atoms with Gasteiger partial charge in [-0.25, -0.2) is 4.79 Å². The number of carbonyl (C=O) groups is 5. The Morgan fingerprint density at radius 2 is 1.27 bits per heavy atom. The minimum Gasteiger partial charge on any atom is -0.480 e. The monoisotopic (exact) mass is 636 g/mol. The minimum absolute atomic E-state index is 0.0107. The summed E-state index contributed by atoms with van der Waals surface area (Å²) in [7, 11) is 0. The molecule has 0 saturated carbocycles. The lowest BCUT2D eigenvalue weighted by molar-refractivity contribution is -0.384. The van der Waals surface area contributed by atoms with E-state index in [0.29, 0.717) is 0 Å². The number of nitro benzene ring substituents is 1. The zero-order valence-electron chi connectivity index (χ0n) is 25.3. The van der Waals surface area contributed by atoms with Crippen LogP contribution in [0.5, 0.6) is 5.75 Å². The smallest absolute Gasteiger partial charge is 0.331 e. The molecule has 3 N–H and O–H groups in total. The van der Waals surface area contributed by atoms with E-state index in [4.69, 9.17) is 4.74 Å². The summed E-state index contributed by atoms with van der Waals surface area (Å²) < 4.78 is 5.29. The quantitative estimate of drug-likeness (QED) is 0.105. The molecule has 2 rings (SSSR count). The van der Waals surface area contributed by atoms with Crippen molar-refractivity contribution >= 4 is 35.5 Å². The van der Waals surface area contributed by atoms with Crippen LogP contribution in [0.15, 0.2) is 36.7 Å². The van der Waals surface area contributed by atoms with Crippen LogP contribution >= 0.6 is 0 Å². The number of hydrogen-bond acceptors (Lipinski definition) is 12. The van der Waals surface area contributed by atoms with E-state index in [1.165, 1.54) is 51.4 Å². The van der Waals surface area contributed by atoms with Crippen LogP contribution in [0.25, 0.3) is 0 Å². The molecule has 1 aliphatic rings. The molecule has 17 nitrogen and oxygen atoms in total. The number of carboxylic acids is 3. The number of nitrogens with zero attached hydrogens (tertiary/aromatic N) is 6. The summed E-state index contributed by atoms with van der Waals surface area (Å²) in [5.41, 5.74) is -0.172. The number of esters is 1. The van der Waals surface area contributed by atoms with Crippen molar-refractivity contribution in [1.29, 1.82) is 0 Å². The van der Waals surface area contributed by atoms with Crippen LogP contribution in [0, 0.1) is 16.0 Å². The van der Waals surface area contributed by atoms with E-state index in [1.54, 1.807) is 9.80 Å². The van der Waals surface area contributed by atoms with Crippen molar-refractivity contribution in [3.63, 3.8) is 0 Å². The molecule has 1 heterocycles. The van der Waals surface area contributed by atoms with Crippen LogP contribution < -0.4 is 4.74 Å². The van der Waals surface area contributed by atoms with Gasteiger partial charge in [0.25, 0.3) is 5.69 Å². The highest BCUT2D eigenvalue weighted by Crippen LogP contribution is 2.17. The van der Waals surface area contributed by atoms with E-state index >= 15 is 0 Å². The van der Waals surface area contributed by atoms with Crippen LogP contribution in [0.4, 0.5) is 5.69 Å². The first-order chi connectivity index (χ1) is 21.2. The van der Waals surface area contributed by atoms with Gasteiger partial charge in [0.1, 0.15) is 25.4 Å². The second-order valence-electron chi connectivity index (χ2n) is 10.9. The lowest BCUT2D eigenvalue weighted by Crippen LogP contribution is -2.49. The number of aliphatic carboxylic acids is 3. The second-order valence-corrected chi connectivity index (χ2v) is 10.9. The number of ether oxygens (including phenoxy) is 1. The molecular weight excluding hydrogens is 596 g/mol. The van der Waals surface area contributed by atoms with Crippen molar-refractivity contribution in [2.45, 2.75) is 13.8 Å². The number of carbonyl (C=O) groups excluding carboxylic acids is 2. The van der Waals surface area contributed by atoms with Crippen LogP contribution in [0.2, 0.25) is 0 Å². The van der Waals surface area contributed by atoms with E-state index < -0.39 is 34.7 Å². The summed E-state index contributed by atoms with van der Waals surface area (Å²) in [5, 5.41) is 38.9. The topological polar surface area (TPSA) is 215 Å². The van der Waals surface area contributed by atoms with Gasteiger partial charge in [-0.3, -0.25) is 39.1 Å². The van der Waals surface area contributed by atoms with Gasteiger partial charge >= 0.3 is 23.9 Å². The van der Waals surface area contributed by atoms with E-state index in [9.17, 15) is 49.4 Å². The largest absolute Gasteiger partial charge is 0.480 e. The Morgan fingerprint density at radius 3 is 1.71 bits per heavy atom. The molecular formula is C28H40N6O11. The normalized spacial score (nSPS) is 15.9. The molecule has 248 valence electrons. The number of hydrogen-bond donors (Lipinski definition) is 3. The van der Waals surface area contributed by atoms with Gasteiger partial charge < -0.3 is 34.8 Å². The molecule has 1 aliphatic heterocycles. The summed E-state index contributed by atoms with van der Waals surface area (Å²) in [5.74, 6) is -4.37. The van der Waals surface area contributed by atoms with Crippen LogP contribution in [0.1, 0.15) is 13.8 Å². The van der Waals surface area contributed by atoms with Gasteiger partial charge in [0.15, 0.2) is 0 Å². The van der Waals surface area contributed by atoms with E-state index in [1.807, 2.05) is 13.8 Å². The Kier molecular flexibility index (Phi) is 14.7. The molecule has 17 heteroatoms. The van der Waals surface area contributed by atoms with Gasteiger partial charge in [-0.1, -0.05) is 13.8 Å². The third-order valence-electron chi connectivity index (χ3n) is 6.56. The molecule has 0 spiro atoms. The molecule has 1 aromatic carbocycles. The summed E-state index contributed by atoms with van der Waals surface area (Å²) in [6, 6.07) is 4.94. The fourth-order valence-corrected chi connectivity index (χ4v) is 4.44. The predicted octanol–water partition coefficient (Wildman–Crippen LogP) is -0.0686. The summed E-state index contributed by atoms with van der Waals surface area (Å²) in [4.78, 5) is 78.5. The van der Waals surface area contributed by atoms with Crippen molar-refractivity contribution in [1.82, 2.24) is 24.5 Å². The highest BCUT2D eigenvalue weighted by atomic mass is 16.6. The fraction of sp³-hybridized carbons (Fsp3) is 0.536. The number of carboxylic acid groups (broad SMARTS) is 3. The lowest BCUT2D eigenvalue weighted by Gasteiger charge is -2.32. The van der Waals surface area contributed by atoms with Gasteiger partial charge in [-0.05, 0) is 18.1 Å². The Bertz CT molecular complexity index is 1220. The van der Waals surface area contributed by atoms with Gasteiger partial charge in [0.2, 0.25) is 5.91 Å². The molecule has 0 bridgehead atoms.